The monoisotopic (exact) mass is 448 g/mol. The Morgan fingerprint density at radius 2 is 1.94 bits per heavy atom. The minimum atomic E-state index is -0.697. The van der Waals surface area contributed by atoms with Gasteiger partial charge in [-0.1, -0.05) is 37.3 Å². The van der Waals surface area contributed by atoms with E-state index in [2.05, 4.69) is 5.32 Å². The molecule has 6 nitrogen and oxygen atoms in total. The van der Waals surface area contributed by atoms with Crippen LogP contribution in [0, 0.1) is 5.82 Å². The number of hydrogen-bond donors (Lipinski definition) is 1. The highest BCUT2D eigenvalue weighted by atomic mass is 19.1. The van der Waals surface area contributed by atoms with E-state index < -0.39 is 6.10 Å². The third-order valence-electron chi connectivity index (χ3n) is 5.41. The zero-order valence-corrected chi connectivity index (χ0v) is 18.5. The summed E-state index contributed by atoms with van der Waals surface area (Å²) in [5, 5.41) is 2.78. The van der Waals surface area contributed by atoms with Gasteiger partial charge < -0.3 is 19.7 Å². The fraction of sp³-hybridized carbons (Fsp3) is 0.231. The van der Waals surface area contributed by atoms with Crippen LogP contribution in [0.2, 0.25) is 0 Å². The summed E-state index contributed by atoms with van der Waals surface area (Å²) in [6.07, 6.45) is 0.179. The van der Waals surface area contributed by atoms with Crippen LogP contribution in [0.3, 0.4) is 0 Å². The molecule has 1 aliphatic heterocycles. The van der Waals surface area contributed by atoms with Gasteiger partial charge in [0.25, 0.3) is 11.8 Å². The number of fused-ring (bicyclic) bond motifs is 1. The second-order valence-corrected chi connectivity index (χ2v) is 7.80. The second-order valence-electron chi connectivity index (χ2n) is 7.80. The number of benzene rings is 3. The molecule has 1 aliphatic rings. The first kappa shape index (κ1) is 22.3. The van der Waals surface area contributed by atoms with Crippen molar-refractivity contribution < 1.29 is 23.5 Å². The molecular formula is C26H25FN2O4. The molecule has 0 fully saturated rings. The highest BCUT2D eigenvalue weighted by Gasteiger charge is 2.32. The molecule has 1 N–H and O–H groups in total. The molecule has 1 unspecified atom stereocenters. The molecule has 4 rings (SSSR count). The molecule has 3 aromatic carbocycles. The molecule has 33 heavy (non-hydrogen) atoms. The lowest BCUT2D eigenvalue weighted by Gasteiger charge is -2.33. The van der Waals surface area contributed by atoms with Gasteiger partial charge in [-0.05, 0) is 55.3 Å². The molecule has 0 bridgehead atoms. The summed E-state index contributed by atoms with van der Waals surface area (Å²) in [6.45, 7) is 3.60. The molecule has 2 amide bonds. The van der Waals surface area contributed by atoms with E-state index in [4.69, 9.17) is 9.47 Å². The highest BCUT2D eigenvalue weighted by Crippen LogP contribution is 2.37. The van der Waals surface area contributed by atoms with Crippen molar-refractivity contribution in [3.05, 3.63) is 83.7 Å². The van der Waals surface area contributed by atoms with Crippen LogP contribution in [0.1, 0.15) is 25.0 Å². The molecule has 170 valence electrons. The number of halogens is 1. The summed E-state index contributed by atoms with van der Waals surface area (Å²) >= 11 is 0. The molecule has 7 heteroatoms. The van der Waals surface area contributed by atoms with E-state index >= 15 is 0 Å². The predicted molar refractivity (Wildman–Crippen MR) is 124 cm³/mol. The molecule has 0 saturated heterocycles. The maximum absolute atomic E-state index is 14.2. The van der Waals surface area contributed by atoms with E-state index in [-0.39, 0.29) is 30.8 Å². The third kappa shape index (κ3) is 5.14. The van der Waals surface area contributed by atoms with E-state index in [1.807, 2.05) is 25.1 Å². The second kappa shape index (κ2) is 9.73. The largest absolute Gasteiger partial charge is 0.484 e. The predicted octanol–water partition coefficient (Wildman–Crippen LogP) is 4.72. The number of nitrogens with zero attached hydrogens (tertiary/aromatic N) is 1. The zero-order valence-electron chi connectivity index (χ0n) is 18.5. The number of anilines is 2. The summed E-state index contributed by atoms with van der Waals surface area (Å²) < 4.78 is 25.5. The number of nitrogens with one attached hydrogen (secondary N) is 1. The van der Waals surface area contributed by atoms with Crippen molar-refractivity contribution in [1.29, 1.82) is 0 Å². The Morgan fingerprint density at radius 3 is 2.73 bits per heavy atom. The SMILES string of the molecule is CCc1cccc(OCC(=O)Nc2ccc3c(c2)N(Cc2ccccc2F)C(=O)C(C)O3)c1. The van der Waals surface area contributed by atoms with Crippen LogP contribution < -0.4 is 19.7 Å². The van der Waals surface area contributed by atoms with Crippen molar-refractivity contribution in [3.8, 4) is 11.5 Å². The van der Waals surface area contributed by atoms with Crippen molar-refractivity contribution >= 4 is 23.2 Å². The number of ether oxygens (including phenoxy) is 2. The Bertz CT molecular complexity index is 1180. The molecule has 1 heterocycles. The van der Waals surface area contributed by atoms with Gasteiger partial charge in [-0.25, -0.2) is 4.39 Å². The van der Waals surface area contributed by atoms with Crippen LogP contribution in [0.25, 0.3) is 0 Å². The summed E-state index contributed by atoms with van der Waals surface area (Å²) in [5.41, 5.74) is 2.46. The van der Waals surface area contributed by atoms with Crippen molar-refractivity contribution in [3.63, 3.8) is 0 Å². The minimum Gasteiger partial charge on any atom is -0.484 e. The van der Waals surface area contributed by atoms with Crippen LogP contribution >= 0.6 is 0 Å². The molecule has 0 radical (unpaired) electrons. The fourth-order valence-corrected chi connectivity index (χ4v) is 3.65. The number of amides is 2. The lowest BCUT2D eigenvalue weighted by Crippen LogP contribution is -2.44. The topological polar surface area (TPSA) is 67.9 Å². The van der Waals surface area contributed by atoms with Gasteiger partial charge in [0.2, 0.25) is 0 Å². The smallest absolute Gasteiger partial charge is 0.268 e. The first-order valence-corrected chi connectivity index (χ1v) is 10.8. The van der Waals surface area contributed by atoms with Gasteiger partial charge in [-0.3, -0.25) is 9.59 Å². The maximum Gasteiger partial charge on any atom is 0.268 e. The summed E-state index contributed by atoms with van der Waals surface area (Å²) in [4.78, 5) is 26.7. The van der Waals surface area contributed by atoms with Gasteiger partial charge in [0.1, 0.15) is 17.3 Å². The molecule has 3 aromatic rings. The zero-order chi connectivity index (χ0) is 23.4. The number of hydrogen-bond acceptors (Lipinski definition) is 4. The molecule has 0 spiro atoms. The number of carbonyl (C=O) groups is 2. The summed E-state index contributed by atoms with van der Waals surface area (Å²) in [5.74, 6) is 0.102. The van der Waals surface area contributed by atoms with Gasteiger partial charge >= 0.3 is 0 Å². The third-order valence-corrected chi connectivity index (χ3v) is 5.41. The Kier molecular flexibility index (Phi) is 6.58. The molecule has 0 aliphatic carbocycles. The van der Waals surface area contributed by atoms with Crippen molar-refractivity contribution in [2.24, 2.45) is 0 Å². The quantitative estimate of drug-likeness (QED) is 0.568. The number of carbonyl (C=O) groups excluding carboxylic acids is 2. The number of aryl methyl sites for hydroxylation is 1. The Morgan fingerprint density at radius 1 is 1.12 bits per heavy atom. The molecule has 1 atom stereocenters. The van der Waals surface area contributed by atoms with Gasteiger partial charge in [-0.2, -0.15) is 0 Å². The average Bonchev–Trinajstić information content (AvgIpc) is 2.82. The standard InChI is InChI=1S/C26H25FN2O4/c1-3-18-7-6-9-21(13-18)32-16-25(30)28-20-11-12-24-23(14-20)29(26(31)17(2)33-24)15-19-8-4-5-10-22(19)27/h4-14,17H,3,15-16H2,1-2H3,(H,28,30). The van der Waals surface area contributed by atoms with Crippen LogP contribution in [-0.4, -0.2) is 24.5 Å². The van der Waals surface area contributed by atoms with E-state index in [9.17, 15) is 14.0 Å². The molecule has 0 saturated carbocycles. The normalized spacial score (nSPS) is 14.9. The van der Waals surface area contributed by atoms with Crippen LogP contribution in [0.4, 0.5) is 15.8 Å². The van der Waals surface area contributed by atoms with Crippen LogP contribution in [-0.2, 0) is 22.6 Å². The van der Waals surface area contributed by atoms with E-state index in [0.29, 0.717) is 28.4 Å². The molecule has 0 aromatic heterocycles. The Labute approximate surface area is 191 Å². The van der Waals surface area contributed by atoms with Gasteiger partial charge in [-0.15, -0.1) is 0 Å². The van der Waals surface area contributed by atoms with Gasteiger partial charge in [0, 0.05) is 11.3 Å². The highest BCUT2D eigenvalue weighted by molar-refractivity contribution is 6.01. The first-order chi connectivity index (χ1) is 15.9. The lowest BCUT2D eigenvalue weighted by molar-refractivity contribution is -0.125. The number of rotatable bonds is 7. The summed E-state index contributed by atoms with van der Waals surface area (Å²) in [6, 6.07) is 18.9. The van der Waals surface area contributed by atoms with E-state index in [1.54, 1.807) is 49.4 Å². The van der Waals surface area contributed by atoms with Crippen LogP contribution in [0.5, 0.6) is 11.5 Å². The summed E-state index contributed by atoms with van der Waals surface area (Å²) in [7, 11) is 0. The average molecular weight is 448 g/mol. The lowest BCUT2D eigenvalue weighted by atomic mass is 10.1. The van der Waals surface area contributed by atoms with Crippen molar-refractivity contribution in [2.45, 2.75) is 32.9 Å². The van der Waals surface area contributed by atoms with Crippen molar-refractivity contribution in [2.75, 3.05) is 16.8 Å². The van der Waals surface area contributed by atoms with E-state index in [1.165, 1.54) is 11.0 Å². The van der Waals surface area contributed by atoms with Crippen LogP contribution in [0.15, 0.2) is 66.7 Å². The van der Waals surface area contributed by atoms with Gasteiger partial charge in [0.15, 0.2) is 12.7 Å². The maximum atomic E-state index is 14.2. The van der Waals surface area contributed by atoms with Crippen molar-refractivity contribution in [1.82, 2.24) is 0 Å². The Balaban J connectivity index is 1.49. The van der Waals surface area contributed by atoms with Gasteiger partial charge in [0.05, 0.1) is 12.2 Å². The molecular weight excluding hydrogens is 423 g/mol. The fourth-order valence-electron chi connectivity index (χ4n) is 3.65. The Hall–Kier alpha value is -3.87. The minimum absolute atomic E-state index is 0.0560. The van der Waals surface area contributed by atoms with E-state index in [0.717, 1.165) is 12.0 Å². The first-order valence-electron chi connectivity index (χ1n) is 10.8.